The van der Waals surface area contributed by atoms with Crippen LogP contribution >= 0.6 is 0 Å². The lowest BCUT2D eigenvalue weighted by molar-refractivity contribution is 0.206. The van der Waals surface area contributed by atoms with E-state index in [0.717, 1.165) is 17.8 Å². The van der Waals surface area contributed by atoms with Crippen LogP contribution in [0.4, 0.5) is 4.79 Å². The molecule has 0 unspecified atom stereocenters. The summed E-state index contributed by atoms with van der Waals surface area (Å²) in [6, 6.07) is 14.2. The Balaban J connectivity index is 1.44. The van der Waals surface area contributed by atoms with Crippen molar-refractivity contribution in [3.8, 4) is 0 Å². The van der Waals surface area contributed by atoms with Gasteiger partial charge in [-0.2, -0.15) is 0 Å². The van der Waals surface area contributed by atoms with Crippen molar-refractivity contribution in [1.82, 2.24) is 20.1 Å². The summed E-state index contributed by atoms with van der Waals surface area (Å²) in [7, 11) is 1.78. The fourth-order valence-electron chi connectivity index (χ4n) is 3.26. The highest BCUT2D eigenvalue weighted by atomic mass is 16.2. The van der Waals surface area contributed by atoms with Gasteiger partial charge in [0, 0.05) is 26.3 Å². The molecule has 2 amide bonds. The van der Waals surface area contributed by atoms with Crippen LogP contribution in [0.1, 0.15) is 36.1 Å². The van der Waals surface area contributed by atoms with E-state index in [-0.39, 0.29) is 6.03 Å². The average Bonchev–Trinajstić information content (AvgIpc) is 2.69. The molecule has 138 valence electrons. The maximum atomic E-state index is 12.2. The highest BCUT2D eigenvalue weighted by molar-refractivity contribution is 5.73. The number of benzene rings is 1. The number of nitrogens with zero attached hydrogens (tertiary/aromatic N) is 3. The van der Waals surface area contributed by atoms with Crippen molar-refractivity contribution < 1.29 is 4.79 Å². The van der Waals surface area contributed by atoms with Crippen molar-refractivity contribution >= 4 is 6.03 Å². The Hall–Kier alpha value is -2.40. The van der Waals surface area contributed by atoms with Crippen LogP contribution in [0.25, 0.3) is 0 Å². The highest BCUT2D eigenvalue weighted by Gasteiger charge is 2.11. The van der Waals surface area contributed by atoms with E-state index in [4.69, 9.17) is 0 Å². The van der Waals surface area contributed by atoms with Crippen LogP contribution in [-0.2, 0) is 19.6 Å². The molecule has 1 N–H and O–H groups in total. The van der Waals surface area contributed by atoms with Crippen LogP contribution in [0.5, 0.6) is 0 Å². The maximum absolute atomic E-state index is 12.2. The van der Waals surface area contributed by atoms with E-state index in [2.05, 4.69) is 39.5 Å². The first-order valence-corrected chi connectivity index (χ1v) is 9.40. The normalized spacial score (nSPS) is 14.8. The largest absolute Gasteiger partial charge is 0.334 e. The fraction of sp³-hybridized carbons (Fsp3) is 0.429. The maximum Gasteiger partial charge on any atom is 0.317 e. The van der Waals surface area contributed by atoms with Crippen LogP contribution in [-0.4, -0.2) is 41.0 Å². The number of carbonyl (C=O) groups excluding carboxylic acids is 1. The van der Waals surface area contributed by atoms with Gasteiger partial charge in [-0.25, -0.2) is 4.79 Å². The van der Waals surface area contributed by atoms with Gasteiger partial charge in [-0.1, -0.05) is 36.8 Å². The van der Waals surface area contributed by atoms with Gasteiger partial charge in [0.15, 0.2) is 0 Å². The molecule has 0 aliphatic carbocycles. The molecule has 1 aromatic carbocycles. The predicted molar refractivity (Wildman–Crippen MR) is 104 cm³/mol. The Labute approximate surface area is 156 Å². The molecule has 5 heteroatoms. The molecule has 0 spiro atoms. The molecule has 0 atom stereocenters. The summed E-state index contributed by atoms with van der Waals surface area (Å²) in [5.74, 6) is 0. The minimum absolute atomic E-state index is 0.0898. The second kappa shape index (κ2) is 9.34. The van der Waals surface area contributed by atoms with Gasteiger partial charge in [0.05, 0.1) is 12.2 Å². The van der Waals surface area contributed by atoms with Gasteiger partial charge >= 0.3 is 6.03 Å². The third-order valence-electron chi connectivity index (χ3n) is 4.79. The van der Waals surface area contributed by atoms with E-state index in [9.17, 15) is 4.79 Å². The van der Waals surface area contributed by atoms with E-state index < -0.39 is 0 Å². The quantitative estimate of drug-likeness (QED) is 0.867. The van der Waals surface area contributed by atoms with E-state index in [0.29, 0.717) is 13.1 Å². The minimum Gasteiger partial charge on any atom is -0.334 e. The third kappa shape index (κ3) is 5.56. The Kier molecular flexibility index (Phi) is 6.61. The molecule has 0 bridgehead atoms. The van der Waals surface area contributed by atoms with Crippen molar-refractivity contribution in [3.05, 3.63) is 65.5 Å². The van der Waals surface area contributed by atoms with Gasteiger partial charge in [-0.05, 0) is 49.2 Å². The molecule has 2 heterocycles. The summed E-state index contributed by atoms with van der Waals surface area (Å²) in [6.45, 7) is 4.48. The summed E-state index contributed by atoms with van der Waals surface area (Å²) >= 11 is 0. The van der Waals surface area contributed by atoms with Gasteiger partial charge in [0.25, 0.3) is 0 Å². The number of amides is 2. The number of hydrogen-bond acceptors (Lipinski definition) is 3. The van der Waals surface area contributed by atoms with Crippen molar-refractivity contribution in [2.75, 3.05) is 20.1 Å². The molecule has 1 aromatic heterocycles. The SMILES string of the molecule is CN(Cc1ccccn1)C(=O)NCc1ccc(CN2CCCCC2)cc1. The van der Waals surface area contributed by atoms with E-state index in [1.165, 1.54) is 37.9 Å². The predicted octanol–water partition coefficient (Wildman–Crippen LogP) is 3.41. The monoisotopic (exact) mass is 352 g/mol. The first kappa shape index (κ1) is 18.4. The Morgan fingerprint density at radius 3 is 2.50 bits per heavy atom. The van der Waals surface area contributed by atoms with Crippen molar-refractivity contribution in [2.24, 2.45) is 0 Å². The molecular formula is C21H28N4O. The molecular weight excluding hydrogens is 324 g/mol. The van der Waals surface area contributed by atoms with E-state index in [1.807, 2.05) is 18.2 Å². The van der Waals surface area contributed by atoms with Crippen molar-refractivity contribution in [1.29, 1.82) is 0 Å². The number of urea groups is 1. The van der Waals surface area contributed by atoms with Crippen LogP contribution in [0.3, 0.4) is 0 Å². The molecule has 0 radical (unpaired) electrons. The zero-order chi connectivity index (χ0) is 18.2. The number of rotatable bonds is 6. The summed E-state index contributed by atoms with van der Waals surface area (Å²) in [5, 5.41) is 2.97. The fourth-order valence-corrected chi connectivity index (χ4v) is 3.26. The number of hydrogen-bond donors (Lipinski definition) is 1. The van der Waals surface area contributed by atoms with E-state index >= 15 is 0 Å². The van der Waals surface area contributed by atoms with Crippen molar-refractivity contribution in [3.63, 3.8) is 0 Å². The number of nitrogens with one attached hydrogen (secondary N) is 1. The molecule has 1 saturated heterocycles. The lowest BCUT2D eigenvalue weighted by Gasteiger charge is -2.26. The van der Waals surface area contributed by atoms with E-state index in [1.54, 1.807) is 18.1 Å². The minimum atomic E-state index is -0.0898. The van der Waals surface area contributed by atoms with Gasteiger partial charge in [-0.3, -0.25) is 9.88 Å². The highest BCUT2D eigenvalue weighted by Crippen LogP contribution is 2.13. The zero-order valence-electron chi connectivity index (χ0n) is 15.5. The average molecular weight is 352 g/mol. The van der Waals surface area contributed by atoms with Crippen LogP contribution in [0.15, 0.2) is 48.7 Å². The second-order valence-electron chi connectivity index (χ2n) is 6.99. The molecule has 2 aromatic rings. The number of piperidine rings is 1. The first-order valence-electron chi connectivity index (χ1n) is 9.40. The van der Waals surface area contributed by atoms with Gasteiger partial charge in [0.1, 0.15) is 0 Å². The molecule has 1 aliphatic heterocycles. The third-order valence-corrected chi connectivity index (χ3v) is 4.79. The Bertz CT molecular complexity index is 681. The summed E-state index contributed by atoms with van der Waals surface area (Å²) < 4.78 is 0. The standard InChI is InChI=1S/C21H28N4O/c1-24(17-20-7-3-4-12-22-20)21(26)23-15-18-8-10-19(11-9-18)16-25-13-5-2-6-14-25/h3-4,7-12H,2,5-6,13-17H2,1H3,(H,23,26). The zero-order valence-corrected chi connectivity index (χ0v) is 15.5. The second-order valence-corrected chi connectivity index (χ2v) is 6.99. The Morgan fingerprint density at radius 1 is 1.08 bits per heavy atom. The lowest BCUT2D eigenvalue weighted by Crippen LogP contribution is -2.36. The number of aromatic nitrogens is 1. The molecule has 26 heavy (non-hydrogen) atoms. The first-order chi connectivity index (χ1) is 12.7. The summed E-state index contributed by atoms with van der Waals surface area (Å²) in [4.78, 5) is 20.6. The van der Waals surface area contributed by atoms with Crippen LogP contribution in [0.2, 0.25) is 0 Å². The summed E-state index contributed by atoms with van der Waals surface area (Å²) in [5.41, 5.74) is 3.34. The van der Waals surface area contributed by atoms with Gasteiger partial charge < -0.3 is 10.2 Å². The molecule has 0 saturated carbocycles. The summed E-state index contributed by atoms with van der Waals surface area (Å²) in [6.07, 6.45) is 5.74. The van der Waals surface area contributed by atoms with Gasteiger partial charge in [0.2, 0.25) is 0 Å². The van der Waals surface area contributed by atoms with Crippen LogP contribution in [0, 0.1) is 0 Å². The molecule has 5 nitrogen and oxygen atoms in total. The lowest BCUT2D eigenvalue weighted by atomic mass is 10.1. The molecule has 1 aliphatic rings. The number of likely N-dealkylation sites (tertiary alicyclic amines) is 1. The number of carbonyl (C=O) groups is 1. The molecule has 1 fully saturated rings. The van der Waals surface area contributed by atoms with Crippen LogP contribution < -0.4 is 5.32 Å². The topological polar surface area (TPSA) is 48.5 Å². The van der Waals surface area contributed by atoms with Crippen molar-refractivity contribution in [2.45, 2.75) is 38.9 Å². The van der Waals surface area contributed by atoms with Gasteiger partial charge in [-0.15, -0.1) is 0 Å². The smallest absolute Gasteiger partial charge is 0.317 e. The Morgan fingerprint density at radius 2 is 1.81 bits per heavy atom. The number of pyridine rings is 1. The molecule has 3 rings (SSSR count).